The van der Waals surface area contributed by atoms with Crippen molar-refractivity contribution in [3.05, 3.63) is 35.4 Å². The van der Waals surface area contributed by atoms with Crippen LogP contribution in [0.5, 0.6) is 0 Å². The lowest BCUT2D eigenvalue weighted by Crippen LogP contribution is -2.23. The van der Waals surface area contributed by atoms with Gasteiger partial charge in [0.15, 0.2) is 10.7 Å². The first kappa shape index (κ1) is 15.7. The maximum absolute atomic E-state index is 12.3. The number of rotatable bonds is 5. The molecule has 2 rings (SSSR count). The van der Waals surface area contributed by atoms with E-state index in [9.17, 15) is 8.42 Å². The maximum atomic E-state index is 12.3. The van der Waals surface area contributed by atoms with Crippen LogP contribution in [0.15, 0.2) is 29.2 Å². The van der Waals surface area contributed by atoms with Gasteiger partial charge in [0.05, 0.1) is 0 Å². The number of hydrogen-bond acceptors (Lipinski definition) is 6. The van der Waals surface area contributed by atoms with Gasteiger partial charge in [-0.15, -0.1) is 0 Å². The number of hydrogen-bond donors (Lipinski definition) is 2. The number of aryl methyl sites for hydroxylation is 1. The van der Waals surface area contributed by atoms with Crippen molar-refractivity contribution >= 4 is 32.4 Å². The van der Waals surface area contributed by atoms with E-state index in [2.05, 4.69) is 9.69 Å². The van der Waals surface area contributed by atoms with Gasteiger partial charge in [-0.2, -0.15) is 4.37 Å². The average molecular weight is 326 g/mol. The second kappa shape index (κ2) is 6.00. The molecule has 6 nitrogen and oxygen atoms in total. The van der Waals surface area contributed by atoms with Crippen LogP contribution in [-0.4, -0.2) is 31.2 Å². The number of nitrogen functional groups attached to an aromatic ring is 1. The van der Waals surface area contributed by atoms with Gasteiger partial charge in [0.25, 0.3) is 0 Å². The van der Waals surface area contributed by atoms with Crippen molar-refractivity contribution in [1.29, 1.82) is 0 Å². The van der Waals surface area contributed by atoms with Crippen molar-refractivity contribution in [2.24, 2.45) is 0 Å². The Kier molecular flexibility index (Phi) is 4.50. The van der Waals surface area contributed by atoms with E-state index < -0.39 is 10.0 Å². The molecule has 1 aromatic carbocycles. The Bertz CT molecular complexity index is 738. The van der Waals surface area contributed by atoms with Gasteiger partial charge < -0.3 is 11.1 Å². The second-order valence-corrected chi connectivity index (χ2v) is 7.72. The Morgan fingerprint density at radius 1 is 1.38 bits per heavy atom. The molecule has 0 unspecified atom stereocenters. The van der Waals surface area contributed by atoms with Crippen LogP contribution in [0.3, 0.4) is 0 Å². The third kappa shape index (κ3) is 3.34. The number of sulfonamides is 1. The lowest BCUT2D eigenvalue weighted by Gasteiger charge is -2.13. The van der Waals surface area contributed by atoms with Crippen LogP contribution in [0.2, 0.25) is 0 Å². The van der Waals surface area contributed by atoms with Gasteiger partial charge in [0.2, 0.25) is 10.0 Å². The van der Waals surface area contributed by atoms with Crippen molar-refractivity contribution in [3.8, 4) is 0 Å². The predicted octanol–water partition coefficient (Wildman–Crippen LogP) is 1.90. The molecule has 0 aliphatic carbocycles. The minimum absolute atomic E-state index is 0.0282. The molecule has 2 aromatic rings. The third-order valence-electron chi connectivity index (χ3n) is 2.95. The van der Waals surface area contributed by atoms with E-state index >= 15 is 0 Å². The fourth-order valence-corrected chi connectivity index (χ4v) is 3.92. The van der Waals surface area contributed by atoms with Crippen molar-refractivity contribution < 1.29 is 8.42 Å². The van der Waals surface area contributed by atoms with Crippen LogP contribution in [0, 0.1) is 6.92 Å². The van der Waals surface area contributed by atoms with Crippen LogP contribution in [0.1, 0.15) is 11.1 Å². The molecule has 8 heteroatoms. The second-order valence-electron chi connectivity index (χ2n) is 4.86. The highest BCUT2D eigenvalue weighted by molar-refractivity contribution is 7.89. The summed E-state index contributed by atoms with van der Waals surface area (Å²) in [6.45, 7) is 2.52. The van der Waals surface area contributed by atoms with Crippen LogP contribution in [0.4, 0.5) is 10.8 Å². The van der Waals surface area contributed by atoms with Gasteiger partial charge in [-0.05, 0) is 24.0 Å². The summed E-state index contributed by atoms with van der Waals surface area (Å²) in [7, 11) is -0.676. The minimum atomic E-state index is -3.61. The summed E-state index contributed by atoms with van der Waals surface area (Å²) >= 11 is 1.05. The number of aromatic nitrogens is 1. The summed E-state index contributed by atoms with van der Waals surface area (Å²) in [6, 6.07) is 7.99. The van der Waals surface area contributed by atoms with Crippen molar-refractivity contribution in [2.45, 2.75) is 18.4 Å². The van der Waals surface area contributed by atoms with E-state index in [1.165, 1.54) is 14.1 Å². The zero-order valence-corrected chi connectivity index (χ0v) is 13.8. The highest BCUT2D eigenvalue weighted by Crippen LogP contribution is 2.33. The van der Waals surface area contributed by atoms with E-state index in [0.717, 1.165) is 27.0 Å². The number of nitrogens with zero attached hydrogens (tertiary/aromatic N) is 2. The number of anilines is 2. The predicted molar refractivity (Wildman–Crippen MR) is 85.9 cm³/mol. The molecule has 3 N–H and O–H groups in total. The van der Waals surface area contributed by atoms with Gasteiger partial charge in [-0.25, -0.2) is 12.7 Å². The molecule has 114 valence electrons. The largest absolute Gasteiger partial charge is 0.382 e. The summed E-state index contributed by atoms with van der Waals surface area (Å²) in [5.74, 6) is 0.0282. The minimum Gasteiger partial charge on any atom is -0.382 e. The highest BCUT2D eigenvalue weighted by Gasteiger charge is 2.27. The van der Waals surface area contributed by atoms with Crippen LogP contribution >= 0.6 is 11.5 Å². The molecule has 0 amide bonds. The van der Waals surface area contributed by atoms with Gasteiger partial charge in [0.1, 0.15) is 5.00 Å². The van der Waals surface area contributed by atoms with Crippen LogP contribution in [-0.2, 0) is 16.6 Å². The van der Waals surface area contributed by atoms with E-state index in [4.69, 9.17) is 5.73 Å². The summed E-state index contributed by atoms with van der Waals surface area (Å²) in [4.78, 5) is 0.0464. The molecule has 1 aromatic heterocycles. The Labute approximate surface area is 128 Å². The number of nitrogens with two attached hydrogens (primary N) is 1. The van der Waals surface area contributed by atoms with Crippen molar-refractivity contribution in [1.82, 2.24) is 8.68 Å². The molecular formula is C13H18N4O2S2. The quantitative estimate of drug-likeness (QED) is 0.876. The molecule has 0 spiro atoms. The van der Waals surface area contributed by atoms with Crippen molar-refractivity contribution in [3.63, 3.8) is 0 Å². The normalized spacial score (nSPS) is 11.8. The molecule has 0 atom stereocenters. The fourth-order valence-electron chi connectivity index (χ4n) is 1.84. The van der Waals surface area contributed by atoms with Crippen LogP contribution < -0.4 is 11.1 Å². The summed E-state index contributed by atoms with van der Waals surface area (Å²) < 4.78 is 29.6. The van der Waals surface area contributed by atoms with E-state index in [-0.39, 0.29) is 10.7 Å². The molecule has 0 aliphatic rings. The Balaban J connectivity index is 2.27. The van der Waals surface area contributed by atoms with Gasteiger partial charge in [-0.3, -0.25) is 0 Å². The molecule has 0 fully saturated rings. The van der Waals surface area contributed by atoms with E-state index in [1.54, 1.807) is 0 Å². The van der Waals surface area contributed by atoms with Gasteiger partial charge in [0, 0.05) is 20.6 Å². The first-order valence-corrected chi connectivity index (χ1v) is 8.51. The standard InChI is InChI=1S/C13H18N4O2S2/c1-9-5-4-6-10(7-9)8-15-13-11(12(14)16-20-13)21(18,19)17(2)3/h4-7,15H,8H2,1-3H3,(H2,14,16). The first-order chi connectivity index (χ1) is 9.82. The zero-order chi connectivity index (χ0) is 15.6. The van der Waals surface area contributed by atoms with Gasteiger partial charge in [-0.1, -0.05) is 29.8 Å². The molecule has 0 aliphatic heterocycles. The molecule has 1 heterocycles. The summed E-state index contributed by atoms with van der Waals surface area (Å²) in [5.41, 5.74) is 7.93. The molecule has 0 radical (unpaired) electrons. The molecular weight excluding hydrogens is 308 g/mol. The molecule has 0 bridgehead atoms. The zero-order valence-electron chi connectivity index (χ0n) is 12.1. The van der Waals surface area contributed by atoms with E-state index in [0.29, 0.717) is 11.5 Å². The van der Waals surface area contributed by atoms with Gasteiger partial charge >= 0.3 is 0 Å². The Morgan fingerprint density at radius 2 is 2.10 bits per heavy atom. The summed E-state index contributed by atoms with van der Waals surface area (Å²) in [5, 5.41) is 3.57. The first-order valence-electron chi connectivity index (χ1n) is 6.29. The topological polar surface area (TPSA) is 88.3 Å². The smallest absolute Gasteiger partial charge is 0.249 e. The number of nitrogens with one attached hydrogen (secondary N) is 1. The van der Waals surface area contributed by atoms with Crippen molar-refractivity contribution in [2.75, 3.05) is 25.1 Å². The molecule has 21 heavy (non-hydrogen) atoms. The fraction of sp³-hybridized carbons (Fsp3) is 0.308. The lowest BCUT2D eigenvalue weighted by molar-refractivity contribution is 0.521. The average Bonchev–Trinajstić information content (AvgIpc) is 2.78. The van der Waals surface area contributed by atoms with Crippen LogP contribution in [0.25, 0.3) is 0 Å². The van der Waals surface area contributed by atoms with E-state index in [1.807, 2.05) is 31.2 Å². The lowest BCUT2D eigenvalue weighted by atomic mass is 10.1. The third-order valence-corrected chi connectivity index (χ3v) is 5.79. The highest BCUT2D eigenvalue weighted by atomic mass is 32.2. The SMILES string of the molecule is Cc1cccc(CNc2snc(N)c2S(=O)(=O)N(C)C)c1. The summed E-state index contributed by atoms with van der Waals surface area (Å²) in [6.07, 6.45) is 0. The Hall–Kier alpha value is -1.64. The monoisotopic (exact) mass is 326 g/mol. The Morgan fingerprint density at radius 3 is 2.71 bits per heavy atom. The maximum Gasteiger partial charge on any atom is 0.249 e. The molecule has 0 saturated carbocycles. The molecule has 0 saturated heterocycles. The number of benzene rings is 1.